The van der Waals surface area contributed by atoms with Crippen molar-refractivity contribution >= 4 is 35.0 Å². The van der Waals surface area contributed by atoms with Crippen LogP contribution < -0.4 is 10.1 Å². The van der Waals surface area contributed by atoms with Crippen molar-refractivity contribution < 1.29 is 9.53 Å². The van der Waals surface area contributed by atoms with E-state index in [4.69, 9.17) is 16.3 Å². The van der Waals surface area contributed by atoms with E-state index in [1.165, 1.54) is 11.8 Å². The van der Waals surface area contributed by atoms with E-state index >= 15 is 0 Å². The summed E-state index contributed by atoms with van der Waals surface area (Å²) < 4.78 is 7.31. The average Bonchev–Trinajstić information content (AvgIpc) is 3.39. The van der Waals surface area contributed by atoms with Gasteiger partial charge in [-0.2, -0.15) is 0 Å². The van der Waals surface area contributed by atoms with Gasteiger partial charge in [0.2, 0.25) is 5.91 Å². The predicted molar refractivity (Wildman–Crippen MR) is 104 cm³/mol. The molecule has 26 heavy (non-hydrogen) atoms. The first-order chi connectivity index (χ1) is 12.5. The Labute approximate surface area is 162 Å². The molecule has 6 nitrogen and oxygen atoms in total. The lowest BCUT2D eigenvalue weighted by Gasteiger charge is -2.14. The van der Waals surface area contributed by atoms with Crippen LogP contribution in [0.15, 0.2) is 36.0 Å². The van der Waals surface area contributed by atoms with Gasteiger partial charge in [-0.3, -0.25) is 4.79 Å². The molecule has 138 valence electrons. The molecule has 1 unspecified atom stereocenters. The molecule has 0 bridgehead atoms. The van der Waals surface area contributed by atoms with Gasteiger partial charge < -0.3 is 14.6 Å². The van der Waals surface area contributed by atoms with Crippen molar-refractivity contribution in [2.24, 2.45) is 0 Å². The number of carbonyl (C=O) groups excluding carboxylic acids is 1. The minimum absolute atomic E-state index is 0.156. The monoisotopic (exact) mass is 392 g/mol. The lowest BCUT2D eigenvalue weighted by Crippen LogP contribution is -2.23. The zero-order chi connectivity index (χ0) is 18.7. The number of anilines is 1. The molecule has 2 aromatic rings. The van der Waals surface area contributed by atoms with Crippen molar-refractivity contribution in [1.29, 1.82) is 0 Å². The first kappa shape index (κ1) is 18.8. The molecule has 1 saturated carbocycles. The van der Waals surface area contributed by atoms with E-state index < -0.39 is 0 Å². The first-order valence-electron chi connectivity index (χ1n) is 8.38. The van der Waals surface area contributed by atoms with E-state index in [0.717, 1.165) is 23.8 Å². The lowest BCUT2D eigenvalue weighted by atomic mass is 10.3. The van der Waals surface area contributed by atoms with Crippen molar-refractivity contribution in [3.05, 3.63) is 41.7 Å². The molecule has 1 aromatic heterocycles. The Kier molecular flexibility index (Phi) is 5.88. The van der Waals surface area contributed by atoms with Crippen LogP contribution >= 0.6 is 23.4 Å². The molecule has 1 amide bonds. The van der Waals surface area contributed by atoms with Crippen LogP contribution in [0.2, 0.25) is 5.02 Å². The van der Waals surface area contributed by atoms with E-state index in [0.29, 0.717) is 28.9 Å². The largest absolute Gasteiger partial charge is 0.495 e. The highest BCUT2D eigenvalue weighted by Crippen LogP contribution is 2.40. The summed E-state index contributed by atoms with van der Waals surface area (Å²) >= 11 is 7.39. The van der Waals surface area contributed by atoms with Crippen molar-refractivity contribution in [2.45, 2.75) is 42.6 Å². The maximum absolute atomic E-state index is 12.6. The molecule has 1 N–H and O–H groups in total. The number of amides is 1. The molecule has 1 atom stereocenters. The normalized spacial score (nSPS) is 14.7. The summed E-state index contributed by atoms with van der Waals surface area (Å²) in [6, 6.07) is 5.10. The van der Waals surface area contributed by atoms with E-state index in [1.54, 1.807) is 25.3 Å². The second-order valence-electron chi connectivity index (χ2n) is 6.11. The van der Waals surface area contributed by atoms with Gasteiger partial charge in [0.1, 0.15) is 11.6 Å². The molecule has 1 aliphatic carbocycles. The number of ether oxygens (including phenoxy) is 1. The molecule has 1 heterocycles. The Bertz CT molecular complexity index is 820. The molecule has 1 aliphatic rings. The third-order valence-electron chi connectivity index (χ3n) is 4.07. The van der Waals surface area contributed by atoms with Gasteiger partial charge >= 0.3 is 0 Å². The summed E-state index contributed by atoms with van der Waals surface area (Å²) in [6.07, 6.45) is 4.11. The van der Waals surface area contributed by atoms with Gasteiger partial charge in [-0.15, -0.1) is 16.8 Å². The van der Waals surface area contributed by atoms with E-state index in [2.05, 4.69) is 22.1 Å². The second-order valence-corrected chi connectivity index (χ2v) is 7.85. The van der Waals surface area contributed by atoms with Crippen LogP contribution in [0.3, 0.4) is 0 Å². The number of halogens is 1. The van der Waals surface area contributed by atoms with Gasteiger partial charge in [-0.25, -0.2) is 0 Å². The summed E-state index contributed by atoms with van der Waals surface area (Å²) in [4.78, 5) is 12.6. The van der Waals surface area contributed by atoms with Crippen molar-refractivity contribution in [3.63, 3.8) is 0 Å². The summed E-state index contributed by atoms with van der Waals surface area (Å²) in [5.41, 5.74) is 0.545. The fourth-order valence-electron chi connectivity index (χ4n) is 2.56. The number of allylic oxidation sites excluding steroid dienone is 1. The van der Waals surface area contributed by atoms with Crippen molar-refractivity contribution in [2.75, 3.05) is 12.4 Å². The van der Waals surface area contributed by atoms with Crippen LogP contribution in [0, 0.1) is 0 Å². The third kappa shape index (κ3) is 4.22. The second kappa shape index (κ2) is 8.14. The molecule has 8 heteroatoms. The van der Waals surface area contributed by atoms with Crippen LogP contribution in [0.1, 0.15) is 31.5 Å². The van der Waals surface area contributed by atoms with Crippen LogP contribution in [-0.4, -0.2) is 33.0 Å². The summed E-state index contributed by atoms with van der Waals surface area (Å²) in [5.74, 6) is 1.87. The minimum atomic E-state index is -0.362. The SMILES string of the molecule is C=CCn1c(SC(C)C(=O)Nc2cc(Cl)ccc2OC)nnc1C1CC1. The number of carbonyl (C=O) groups is 1. The van der Waals surface area contributed by atoms with Crippen LogP contribution in [0.5, 0.6) is 5.75 Å². The van der Waals surface area contributed by atoms with E-state index in [1.807, 2.05) is 17.6 Å². The fourth-order valence-corrected chi connectivity index (χ4v) is 3.59. The highest BCUT2D eigenvalue weighted by atomic mass is 35.5. The number of thioether (sulfide) groups is 1. The Morgan fingerprint density at radius 2 is 2.31 bits per heavy atom. The number of nitrogens with zero attached hydrogens (tertiary/aromatic N) is 3. The van der Waals surface area contributed by atoms with Gasteiger partial charge in [0, 0.05) is 17.5 Å². The molecule has 0 saturated heterocycles. The number of rotatable bonds is 8. The van der Waals surface area contributed by atoms with E-state index in [-0.39, 0.29) is 11.2 Å². The Balaban J connectivity index is 1.72. The van der Waals surface area contributed by atoms with Crippen molar-refractivity contribution in [1.82, 2.24) is 14.8 Å². The quantitative estimate of drug-likeness (QED) is 0.540. The highest BCUT2D eigenvalue weighted by Gasteiger charge is 2.31. The summed E-state index contributed by atoms with van der Waals surface area (Å²) in [6.45, 7) is 6.27. The first-order valence-corrected chi connectivity index (χ1v) is 9.64. The lowest BCUT2D eigenvalue weighted by molar-refractivity contribution is -0.115. The summed E-state index contributed by atoms with van der Waals surface area (Å²) in [7, 11) is 1.55. The predicted octanol–water partition coefficient (Wildman–Crippen LogP) is 4.12. The van der Waals surface area contributed by atoms with Crippen LogP contribution in [-0.2, 0) is 11.3 Å². The smallest absolute Gasteiger partial charge is 0.237 e. The van der Waals surface area contributed by atoms with Gasteiger partial charge in [-0.1, -0.05) is 29.4 Å². The number of hydrogen-bond acceptors (Lipinski definition) is 5. The number of hydrogen-bond donors (Lipinski definition) is 1. The standard InChI is InChI=1S/C18H21ClN4O2S/c1-4-9-23-16(12-5-6-12)21-22-18(23)26-11(2)17(24)20-14-10-13(19)7-8-15(14)25-3/h4,7-8,10-12H,1,5-6,9H2,2-3H3,(H,20,24). The maximum Gasteiger partial charge on any atom is 0.237 e. The number of nitrogens with one attached hydrogen (secondary N) is 1. The minimum Gasteiger partial charge on any atom is -0.495 e. The zero-order valence-electron chi connectivity index (χ0n) is 14.7. The third-order valence-corrected chi connectivity index (χ3v) is 5.39. The topological polar surface area (TPSA) is 69.0 Å². The van der Waals surface area contributed by atoms with Gasteiger partial charge in [0.15, 0.2) is 5.16 Å². The zero-order valence-corrected chi connectivity index (χ0v) is 16.3. The van der Waals surface area contributed by atoms with E-state index in [9.17, 15) is 4.79 Å². The molecular weight excluding hydrogens is 372 g/mol. The molecule has 0 radical (unpaired) electrons. The Morgan fingerprint density at radius 1 is 1.54 bits per heavy atom. The van der Waals surface area contributed by atoms with Gasteiger partial charge in [0.25, 0.3) is 0 Å². The highest BCUT2D eigenvalue weighted by molar-refractivity contribution is 8.00. The summed E-state index contributed by atoms with van der Waals surface area (Å²) in [5, 5.41) is 12.3. The Hall–Kier alpha value is -1.99. The van der Waals surface area contributed by atoms with Gasteiger partial charge in [-0.05, 0) is 38.0 Å². The molecule has 1 fully saturated rings. The number of aromatic nitrogens is 3. The number of methoxy groups -OCH3 is 1. The van der Waals surface area contributed by atoms with Crippen molar-refractivity contribution in [3.8, 4) is 5.75 Å². The molecule has 3 rings (SSSR count). The van der Waals surface area contributed by atoms with Crippen LogP contribution in [0.25, 0.3) is 0 Å². The maximum atomic E-state index is 12.6. The Morgan fingerprint density at radius 3 is 2.96 bits per heavy atom. The molecule has 1 aromatic carbocycles. The molecule has 0 spiro atoms. The fraction of sp³-hybridized carbons (Fsp3) is 0.389. The van der Waals surface area contributed by atoms with Gasteiger partial charge in [0.05, 0.1) is 18.0 Å². The molecule has 0 aliphatic heterocycles. The van der Waals surface area contributed by atoms with Crippen LogP contribution in [0.4, 0.5) is 5.69 Å². The average molecular weight is 393 g/mol. The number of benzene rings is 1. The molecular formula is C18H21ClN4O2S.